The number of hydrogen-bond acceptors (Lipinski definition) is 4. The molecule has 3 heterocycles. The zero-order valence-electron chi connectivity index (χ0n) is 14.4. The lowest BCUT2D eigenvalue weighted by molar-refractivity contribution is -0.127. The minimum atomic E-state index is 0.318. The molecule has 5 nitrogen and oxygen atoms in total. The van der Waals surface area contributed by atoms with Gasteiger partial charge in [-0.1, -0.05) is 18.0 Å². The number of likely N-dealkylation sites (tertiary alicyclic amines) is 2. The molecule has 1 amide bonds. The molecule has 2 fully saturated rings. The van der Waals surface area contributed by atoms with Crippen LogP contribution in [0.2, 0.25) is 5.02 Å². The maximum absolute atomic E-state index is 11.8. The highest BCUT2D eigenvalue weighted by Crippen LogP contribution is 2.25. The molecule has 0 spiro atoms. The van der Waals surface area contributed by atoms with Gasteiger partial charge in [-0.3, -0.25) is 9.69 Å². The van der Waals surface area contributed by atoms with E-state index in [2.05, 4.69) is 9.88 Å². The van der Waals surface area contributed by atoms with Gasteiger partial charge in [-0.25, -0.2) is 4.98 Å². The first-order chi connectivity index (χ1) is 12.2. The first kappa shape index (κ1) is 16.9. The summed E-state index contributed by atoms with van der Waals surface area (Å²) in [5.41, 5.74) is 1.61. The molecule has 2 aromatic rings. The second-order valence-corrected chi connectivity index (χ2v) is 7.55. The van der Waals surface area contributed by atoms with E-state index in [-0.39, 0.29) is 0 Å². The van der Waals surface area contributed by atoms with Gasteiger partial charge in [0.2, 0.25) is 11.8 Å². The van der Waals surface area contributed by atoms with Crippen LogP contribution in [-0.2, 0) is 11.3 Å². The van der Waals surface area contributed by atoms with E-state index in [4.69, 9.17) is 16.0 Å². The largest absolute Gasteiger partial charge is 0.439 e. The number of piperidine rings is 1. The molecule has 1 atom stereocenters. The summed E-state index contributed by atoms with van der Waals surface area (Å²) < 4.78 is 5.89. The molecule has 0 radical (unpaired) electrons. The third-order valence-electron chi connectivity index (χ3n) is 5.38. The van der Waals surface area contributed by atoms with Gasteiger partial charge in [-0.05, 0) is 50.4 Å². The van der Waals surface area contributed by atoms with Gasteiger partial charge in [0.25, 0.3) is 0 Å². The van der Waals surface area contributed by atoms with Crippen LogP contribution in [0, 0.1) is 0 Å². The van der Waals surface area contributed by atoms with E-state index in [1.165, 1.54) is 19.3 Å². The number of aromatic nitrogens is 1. The van der Waals surface area contributed by atoms with Crippen LogP contribution in [0.25, 0.3) is 11.1 Å². The predicted molar refractivity (Wildman–Crippen MR) is 97.5 cm³/mol. The second kappa shape index (κ2) is 7.34. The van der Waals surface area contributed by atoms with Crippen molar-refractivity contribution in [2.45, 2.75) is 51.1 Å². The summed E-state index contributed by atoms with van der Waals surface area (Å²) in [6.45, 7) is 3.60. The Morgan fingerprint density at radius 1 is 1.24 bits per heavy atom. The van der Waals surface area contributed by atoms with E-state index in [9.17, 15) is 4.79 Å². The number of benzene rings is 1. The van der Waals surface area contributed by atoms with Gasteiger partial charge >= 0.3 is 0 Å². The van der Waals surface area contributed by atoms with Crippen molar-refractivity contribution in [2.24, 2.45) is 0 Å². The van der Waals surface area contributed by atoms with Crippen molar-refractivity contribution in [1.29, 1.82) is 0 Å². The fourth-order valence-corrected chi connectivity index (χ4v) is 4.20. The predicted octanol–water partition coefficient (Wildman–Crippen LogP) is 3.85. The number of fused-ring (bicyclic) bond motifs is 1. The summed E-state index contributed by atoms with van der Waals surface area (Å²) in [6, 6.07) is 6.05. The lowest BCUT2D eigenvalue weighted by Gasteiger charge is -2.35. The van der Waals surface area contributed by atoms with Crippen molar-refractivity contribution in [1.82, 2.24) is 14.8 Å². The first-order valence-electron chi connectivity index (χ1n) is 9.26. The van der Waals surface area contributed by atoms with Gasteiger partial charge < -0.3 is 9.32 Å². The molecule has 2 saturated heterocycles. The third kappa shape index (κ3) is 3.82. The fourth-order valence-electron chi connectivity index (χ4n) is 4.03. The molecule has 2 aliphatic heterocycles. The summed E-state index contributed by atoms with van der Waals surface area (Å²) >= 11 is 6.03. The molecular weight excluding hydrogens is 338 g/mol. The van der Waals surface area contributed by atoms with Crippen molar-refractivity contribution < 1.29 is 9.21 Å². The van der Waals surface area contributed by atoms with E-state index in [0.717, 1.165) is 62.4 Å². The number of amides is 1. The lowest BCUT2D eigenvalue weighted by atomic mass is 9.99. The van der Waals surface area contributed by atoms with Crippen LogP contribution >= 0.6 is 11.6 Å². The summed E-state index contributed by atoms with van der Waals surface area (Å²) in [7, 11) is 0. The molecule has 0 unspecified atom stereocenters. The van der Waals surface area contributed by atoms with E-state index in [1.54, 1.807) is 0 Å². The van der Waals surface area contributed by atoms with Crippen LogP contribution < -0.4 is 0 Å². The van der Waals surface area contributed by atoms with Crippen LogP contribution in [-0.4, -0.2) is 46.4 Å². The summed E-state index contributed by atoms with van der Waals surface area (Å²) in [5, 5.41) is 0.679. The minimum absolute atomic E-state index is 0.318. The Kier molecular flexibility index (Phi) is 4.95. The smallest absolute Gasteiger partial charge is 0.222 e. The first-order valence-corrected chi connectivity index (χ1v) is 9.63. The Bertz CT molecular complexity index is 760. The molecule has 0 aliphatic carbocycles. The Hall–Kier alpha value is -1.59. The SMILES string of the molecule is O=C1CCCN1CC[C@@H]1CCCCN1Cc1nc2cc(Cl)ccc2o1. The molecule has 2 aliphatic rings. The van der Waals surface area contributed by atoms with Crippen LogP contribution in [0.5, 0.6) is 0 Å². The standard InChI is InChI=1S/C19H24ClN3O2/c20-14-6-7-17-16(12-14)21-18(25-17)13-23-9-2-1-4-15(23)8-11-22-10-3-5-19(22)24/h6-7,12,15H,1-5,8-11,13H2/t15-/m0/s1. The number of carbonyl (C=O) groups is 1. The number of halogens is 1. The van der Waals surface area contributed by atoms with Crippen LogP contribution in [0.4, 0.5) is 0 Å². The maximum atomic E-state index is 11.8. The Labute approximate surface area is 152 Å². The molecule has 0 bridgehead atoms. The number of hydrogen-bond donors (Lipinski definition) is 0. The van der Waals surface area contributed by atoms with Gasteiger partial charge in [-0.15, -0.1) is 0 Å². The summed E-state index contributed by atoms with van der Waals surface area (Å²) in [6.07, 6.45) is 6.44. The van der Waals surface area contributed by atoms with E-state index >= 15 is 0 Å². The summed E-state index contributed by atoms with van der Waals surface area (Å²) in [5.74, 6) is 1.07. The van der Waals surface area contributed by atoms with Gasteiger partial charge in [0.15, 0.2) is 5.58 Å². The number of nitrogens with zero attached hydrogens (tertiary/aromatic N) is 3. The molecule has 0 N–H and O–H groups in total. The molecule has 25 heavy (non-hydrogen) atoms. The highest BCUT2D eigenvalue weighted by Gasteiger charge is 2.26. The Morgan fingerprint density at radius 2 is 2.16 bits per heavy atom. The van der Waals surface area contributed by atoms with Crippen LogP contribution in [0.3, 0.4) is 0 Å². The van der Waals surface area contributed by atoms with Gasteiger partial charge in [0, 0.05) is 30.6 Å². The zero-order valence-corrected chi connectivity index (χ0v) is 15.2. The topological polar surface area (TPSA) is 49.6 Å². The van der Waals surface area contributed by atoms with Crippen LogP contribution in [0.15, 0.2) is 22.6 Å². The van der Waals surface area contributed by atoms with Crippen molar-refractivity contribution in [3.8, 4) is 0 Å². The molecule has 1 aromatic carbocycles. The number of rotatable bonds is 5. The molecule has 134 valence electrons. The van der Waals surface area contributed by atoms with Crippen molar-refractivity contribution >= 4 is 28.6 Å². The fraction of sp³-hybridized carbons (Fsp3) is 0.579. The van der Waals surface area contributed by atoms with E-state index in [1.807, 2.05) is 23.1 Å². The number of carbonyl (C=O) groups excluding carboxylic acids is 1. The molecule has 4 rings (SSSR count). The van der Waals surface area contributed by atoms with Crippen molar-refractivity contribution in [3.63, 3.8) is 0 Å². The van der Waals surface area contributed by atoms with Gasteiger partial charge in [0.05, 0.1) is 6.54 Å². The minimum Gasteiger partial charge on any atom is -0.439 e. The lowest BCUT2D eigenvalue weighted by Crippen LogP contribution is -2.41. The van der Waals surface area contributed by atoms with E-state index in [0.29, 0.717) is 17.0 Å². The highest BCUT2D eigenvalue weighted by atomic mass is 35.5. The zero-order chi connectivity index (χ0) is 17.2. The third-order valence-corrected chi connectivity index (χ3v) is 5.62. The Morgan fingerprint density at radius 3 is 3.00 bits per heavy atom. The van der Waals surface area contributed by atoms with Crippen molar-refractivity contribution in [2.75, 3.05) is 19.6 Å². The maximum Gasteiger partial charge on any atom is 0.222 e. The molecular formula is C19H24ClN3O2. The van der Waals surface area contributed by atoms with Gasteiger partial charge in [-0.2, -0.15) is 0 Å². The molecule has 1 aromatic heterocycles. The monoisotopic (exact) mass is 361 g/mol. The average Bonchev–Trinajstić information content (AvgIpc) is 3.19. The molecule has 0 saturated carbocycles. The quantitative estimate of drug-likeness (QED) is 0.811. The number of oxazole rings is 1. The summed E-state index contributed by atoms with van der Waals surface area (Å²) in [4.78, 5) is 20.9. The van der Waals surface area contributed by atoms with Crippen LogP contribution in [0.1, 0.15) is 44.4 Å². The van der Waals surface area contributed by atoms with E-state index < -0.39 is 0 Å². The normalized spacial score (nSPS) is 22.2. The second-order valence-electron chi connectivity index (χ2n) is 7.11. The average molecular weight is 362 g/mol. The van der Waals surface area contributed by atoms with Crippen molar-refractivity contribution in [3.05, 3.63) is 29.1 Å². The highest BCUT2D eigenvalue weighted by molar-refractivity contribution is 6.31. The molecule has 6 heteroatoms. The Balaban J connectivity index is 1.42. The van der Waals surface area contributed by atoms with Gasteiger partial charge in [0.1, 0.15) is 5.52 Å².